The minimum Gasteiger partial charge on any atom is -0.366 e. The summed E-state index contributed by atoms with van der Waals surface area (Å²) in [6.07, 6.45) is 1.08. The number of rotatable bonds is 5. The fraction of sp³-hybridized carbons (Fsp3) is 0.467. The smallest absolute Gasteiger partial charge is 0.156 e. The van der Waals surface area contributed by atoms with E-state index in [1.165, 1.54) is 5.39 Å². The molecule has 0 bridgehead atoms. The maximum absolute atomic E-state index is 4.30. The average Bonchev–Trinajstić information content (AvgIpc) is 2.40. The van der Waals surface area contributed by atoms with Crippen LogP contribution in [0.15, 0.2) is 24.3 Å². The summed E-state index contributed by atoms with van der Waals surface area (Å²) in [5.74, 6) is 0.882. The van der Waals surface area contributed by atoms with Crippen LogP contribution in [-0.2, 0) is 0 Å². The number of fused-ring (bicyclic) bond motifs is 1. The quantitative estimate of drug-likeness (QED) is 0.895. The van der Waals surface area contributed by atoms with Crippen molar-refractivity contribution >= 4 is 16.6 Å². The molecule has 1 N–H and O–H groups in total. The van der Waals surface area contributed by atoms with Gasteiger partial charge in [-0.3, -0.25) is 0 Å². The topological polar surface area (TPSA) is 41.1 Å². The van der Waals surface area contributed by atoms with Crippen molar-refractivity contribution in [2.75, 3.05) is 26.0 Å². The normalized spacial score (nSPS) is 12.9. The number of hydrogen-bond donors (Lipinski definition) is 1. The summed E-state index contributed by atoms with van der Waals surface area (Å²) in [6.45, 7) is 5.24. The monoisotopic (exact) mass is 258 g/mol. The summed E-state index contributed by atoms with van der Waals surface area (Å²) in [5, 5.41) is 14.3. The molecule has 0 aliphatic carbocycles. The summed E-state index contributed by atoms with van der Waals surface area (Å²) in [7, 11) is 4.18. The molecule has 0 aliphatic rings. The van der Waals surface area contributed by atoms with Crippen LogP contribution in [0.1, 0.15) is 19.0 Å². The Bertz CT molecular complexity index is 551. The van der Waals surface area contributed by atoms with Gasteiger partial charge in [0.25, 0.3) is 0 Å². The van der Waals surface area contributed by atoms with Gasteiger partial charge in [0, 0.05) is 16.8 Å². The van der Waals surface area contributed by atoms with E-state index in [1.54, 1.807) is 0 Å². The lowest BCUT2D eigenvalue weighted by Gasteiger charge is -2.18. The van der Waals surface area contributed by atoms with E-state index >= 15 is 0 Å². The van der Waals surface area contributed by atoms with E-state index in [-0.39, 0.29) is 0 Å². The number of aromatic nitrogens is 2. The Morgan fingerprint density at radius 1 is 1.16 bits per heavy atom. The molecule has 1 aromatic heterocycles. The third-order valence-corrected chi connectivity index (χ3v) is 3.26. The Morgan fingerprint density at radius 2 is 1.84 bits per heavy atom. The number of nitrogens with one attached hydrogen (secondary N) is 1. The fourth-order valence-electron chi connectivity index (χ4n) is 2.10. The van der Waals surface area contributed by atoms with Crippen LogP contribution < -0.4 is 5.32 Å². The number of benzene rings is 1. The maximum Gasteiger partial charge on any atom is 0.156 e. The maximum atomic E-state index is 4.30. The van der Waals surface area contributed by atoms with Crippen LogP contribution in [0.2, 0.25) is 0 Å². The molecule has 19 heavy (non-hydrogen) atoms. The molecule has 1 heterocycles. The molecule has 1 atom stereocenters. The molecule has 0 spiro atoms. The number of aryl methyl sites for hydroxylation is 1. The molecular formula is C15H22N4. The Kier molecular flexibility index (Phi) is 4.32. The number of nitrogens with zero attached hydrogens (tertiary/aromatic N) is 3. The van der Waals surface area contributed by atoms with Gasteiger partial charge in [0.05, 0.1) is 5.69 Å². The van der Waals surface area contributed by atoms with Crippen molar-refractivity contribution in [3.8, 4) is 0 Å². The molecule has 4 nitrogen and oxygen atoms in total. The summed E-state index contributed by atoms with van der Waals surface area (Å²) in [6, 6.07) is 8.64. The van der Waals surface area contributed by atoms with Gasteiger partial charge in [0.15, 0.2) is 5.82 Å². The predicted molar refractivity (Wildman–Crippen MR) is 80.5 cm³/mol. The van der Waals surface area contributed by atoms with Crippen molar-refractivity contribution in [2.45, 2.75) is 26.3 Å². The van der Waals surface area contributed by atoms with Gasteiger partial charge in [0.2, 0.25) is 0 Å². The molecule has 0 saturated carbocycles. The highest BCUT2D eigenvalue weighted by atomic mass is 15.2. The first-order chi connectivity index (χ1) is 9.08. The van der Waals surface area contributed by atoms with E-state index < -0.39 is 0 Å². The average molecular weight is 258 g/mol. The van der Waals surface area contributed by atoms with Crippen LogP contribution in [-0.4, -0.2) is 41.8 Å². The molecule has 4 heteroatoms. The molecule has 0 aliphatic heterocycles. The third kappa shape index (κ3) is 3.41. The van der Waals surface area contributed by atoms with Crippen molar-refractivity contribution in [3.63, 3.8) is 0 Å². The van der Waals surface area contributed by atoms with E-state index in [0.717, 1.165) is 29.9 Å². The Labute approximate surface area is 114 Å². The zero-order valence-electron chi connectivity index (χ0n) is 12.1. The molecule has 2 rings (SSSR count). The van der Waals surface area contributed by atoms with Crippen LogP contribution in [0, 0.1) is 6.92 Å². The summed E-state index contributed by atoms with van der Waals surface area (Å²) in [5.41, 5.74) is 0.974. The minimum atomic E-state index is 0.378. The molecule has 102 valence electrons. The zero-order chi connectivity index (χ0) is 13.8. The second-order valence-corrected chi connectivity index (χ2v) is 5.32. The number of anilines is 1. The zero-order valence-corrected chi connectivity index (χ0v) is 12.1. The summed E-state index contributed by atoms with van der Waals surface area (Å²) < 4.78 is 0. The first-order valence-corrected chi connectivity index (χ1v) is 6.71. The predicted octanol–water partition coefficient (Wildman–Crippen LogP) is 2.69. The molecule has 1 aromatic carbocycles. The Morgan fingerprint density at radius 3 is 2.53 bits per heavy atom. The summed E-state index contributed by atoms with van der Waals surface area (Å²) in [4.78, 5) is 2.19. The molecule has 0 saturated heterocycles. The van der Waals surface area contributed by atoms with Gasteiger partial charge >= 0.3 is 0 Å². The lowest BCUT2D eigenvalue weighted by molar-refractivity contribution is 0.390. The molecule has 0 fully saturated rings. The third-order valence-electron chi connectivity index (χ3n) is 3.26. The van der Waals surface area contributed by atoms with E-state index in [9.17, 15) is 0 Å². The first-order valence-electron chi connectivity index (χ1n) is 6.71. The summed E-state index contributed by atoms with van der Waals surface area (Å²) >= 11 is 0. The van der Waals surface area contributed by atoms with Crippen molar-refractivity contribution in [1.82, 2.24) is 15.1 Å². The van der Waals surface area contributed by atoms with E-state index in [2.05, 4.69) is 53.6 Å². The first kappa shape index (κ1) is 13.7. The highest BCUT2D eigenvalue weighted by molar-refractivity contribution is 5.92. The van der Waals surface area contributed by atoms with Crippen LogP contribution in [0.25, 0.3) is 10.8 Å². The van der Waals surface area contributed by atoms with Gasteiger partial charge in [0.1, 0.15) is 0 Å². The Hall–Kier alpha value is -1.68. The minimum absolute atomic E-state index is 0.378. The van der Waals surface area contributed by atoms with Gasteiger partial charge in [-0.1, -0.05) is 24.3 Å². The van der Waals surface area contributed by atoms with E-state index in [0.29, 0.717) is 6.04 Å². The van der Waals surface area contributed by atoms with Gasteiger partial charge in [-0.2, -0.15) is 5.10 Å². The van der Waals surface area contributed by atoms with Crippen LogP contribution in [0.5, 0.6) is 0 Å². The van der Waals surface area contributed by atoms with Crippen LogP contribution >= 0.6 is 0 Å². The van der Waals surface area contributed by atoms with Gasteiger partial charge in [-0.15, -0.1) is 5.10 Å². The van der Waals surface area contributed by atoms with E-state index in [1.807, 2.05) is 19.1 Å². The molecule has 0 radical (unpaired) electrons. The number of hydrogen-bond acceptors (Lipinski definition) is 4. The van der Waals surface area contributed by atoms with Crippen molar-refractivity contribution < 1.29 is 0 Å². The van der Waals surface area contributed by atoms with Crippen molar-refractivity contribution in [3.05, 3.63) is 30.0 Å². The van der Waals surface area contributed by atoms with Gasteiger partial charge in [-0.05, 0) is 40.9 Å². The SMILES string of the molecule is Cc1nnc(NC(C)CCN(C)C)c2ccccc12. The highest BCUT2D eigenvalue weighted by Crippen LogP contribution is 2.22. The van der Waals surface area contributed by atoms with E-state index in [4.69, 9.17) is 0 Å². The standard InChI is InChI=1S/C15H22N4/c1-11(9-10-19(3)4)16-15-14-8-6-5-7-13(14)12(2)17-18-15/h5-8,11H,9-10H2,1-4H3,(H,16,18). The highest BCUT2D eigenvalue weighted by Gasteiger charge is 2.09. The van der Waals surface area contributed by atoms with Gasteiger partial charge < -0.3 is 10.2 Å². The second kappa shape index (κ2) is 5.97. The van der Waals surface area contributed by atoms with Crippen molar-refractivity contribution in [2.24, 2.45) is 0 Å². The fourth-order valence-corrected chi connectivity index (χ4v) is 2.10. The molecule has 2 aromatic rings. The molecule has 1 unspecified atom stereocenters. The van der Waals surface area contributed by atoms with Gasteiger partial charge in [-0.25, -0.2) is 0 Å². The molecular weight excluding hydrogens is 236 g/mol. The van der Waals surface area contributed by atoms with Crippen LogP contribution in [0.3, 0.4) is 0 Å². The Balaban J connectivity index is 2.19. The van der Waals surface area contributed by atoms with Crippen molar-refractivity contribution in [1.29, 1.82) is 0 Å². The lowest BCUT2D eigenvalue weighted by Crippen LogP contribution is -2.23. The van der Waals surface area contributed by atoms with Crippen LogP contribution in [0.4, 0.5) is 5.82 Å². The molecule has 0 amide bonds. The second-order valence-electron chi connectivity index (χ2n) is 5.32. The lowest BCUT2D eigenvalue weighted by atomic mass is 10.1. The largest absolute Gasteiger partial charge is 0.366 e.